The molecule has 0 amide bonds. The molecule has 0 aliphatic heterocycles. The Balaban J connectivity index is 2.01. The SMILES string of the molecule is O=c1cnccn1CCCCCCCCCS. The molecule has 0 bridgehead atoms. The third-order valence-electron chi connectivity index (χ3n) is 2.86. The van der Waals surface area contributed by atoms with E-state index < -0.39 is 0 Å². The lowest BCUT2D eigenvalue weighted by Gasteiger charge is -2.04. The third-order valence-corrected chi connectivity index (χ3v) is 3.17. The molecule has 0 saturated heterocycles. The number of aryl methyl sites for hydroxylation is 1. The van der Waals surface area contributed by atoms with Crippen LogP contribution in [0.15, 0.2) is 23.4 Å². The van der Waals surface area contributed by atoms with Gasteiger partial charge in [0.1, 0.15) is 0 Å². The topological polar surface area (TPSA) is 34.9 Å². The van der Waals surface area contributed by atoms with Crippen molar-refractivity contribution in [3.05, 3.63) is 28.9 Å². The highest BCUT2D eigenvalue weighted by Gasteiger charge is 1.95. The molecular weight excluding hydrogens is 232 g/mol. The molecule has 0 saturated carbocycles. The van der Waals surface area contributed by atoms with Crippen molar-refractivity contribution < 1.29 is 0 Å². The maximum absolute atomic E-state index is 11.4. The van der Waals surface area contributed by atoms with E-state index in [2.05, 4.69) is 17.6 Å². The fourth-order valence-electron chi connectivity index (χ4n) is 1.84. The lowest BCUT2D eigenvalue weighted by Crippen LogP contribution is -2.18. The molecule has 0 radical (unpaired) electrons. The second kappa shape index (κ2) is 9.28. The van der Waals surface area contributed by atoms with Crippen LogP contribution in [0.5, 0.6) is 0 Å². The van der Waals surface area contributed by atoms with Crippen molar-refractivity contribution in [2.75, 3.05) is 5.75 Å². The summed E-state index contributed by atoms with van der Waals surface area (Å²) < 4.78 is 1.73. The van der Waals surface area contributed by atoms with E-state index in [4.69, 9.17) is 0 Å². The van der Waals surface area contributed by atoms with E-state index in [1.807, 2.05) is 0 Å². The normalized spacial score (nSPS) is 10.6. The van der Waals surface area contributed by atoms with Gasteiger partial charge in [0.25, 0.3) is 5.56 Å². The van der Waals surface area contributed by atoms with E-state index in [-0.39, 0.29) is 5.56 Å². The molecule has 1 heterocycles. The third kappa shape index (κ3) is 6.51. The van der Waals surface area contributed by atoms with E-state index in [0.29, 0.717) is 0 Å². The highest BCUT2D eigenvalue weighted by Crippen LogP contribution is 2.07. The second-order valence-electron chi connectivity index (χ2n) is 4.31. The van der Waals surface area contributed by atoms with Gasteiger partial charge in [-0.25, -0.2) is 0 Å². The molecule has 3 nitrogen and oxygen atoms in total. The van der Waals surface area contributed by atoms with E-state index in [1.54, 1.807) is 17.0 Å². The summed E-state index contributed by atoms with van der Waals surface area (Å²) in [5, 5.41) is 0. The number of thiol groups is 1. The molecule has 0 spiro atoms. The van der Waals surface area contributed by atoms with Gasteiger partial charge in [-0.3, -0.25) is 9.78 Å². The van der Waals surface area contributed by atoms with Gasteiger partial charge < -0.3 is 4.57 Å². The predicted octanol–water partition coefficient (Wildman–Crippen LogP) is 2.90. The molecule has 4 heteroatoms. The number of aromatic nitrogens is 2. The van der Waals surface area contributed by atoms with Crippen molar-refractivity contribution in [3.8, 4) is 0 Å². The molecule has 0 N–H and O–H groups in total. The highest BCUT2D eigenvalue weighted by atomic mass is 32.1. The monoisotopic (exact) mass is 254 g/mol. The van der Waals surface area contributed by atoms with Crippen LogP contribution in [0.3, 0.4) is 0 Å². The van der Waals surface area contributed by atoms with Crippen molar-refractivity contribution in [2.45, 2.75) is 51.5 Å². The lowest BCUT2D eigenvalue weighted by atomic mass is 10.1. The first-order valence-corrected chi connectivity index (χ1v) is 7.09. The summed E-state index contributed by atoms with van der Waals surface area (Å²) in [7, 11) is 0. The van der Waals surface area contributed by atoms with Crippen LogP contribution in [0.1, 0.15) is 44.9 Å². The van der Waals surface area contributed by atoms with Gasteiger partial charge in [-0.1, -0.05) is 32.1 Å². The Morgan fingerprint density at radius 3 is 2.35 bits per heavy atom. The van der Waals surface area contributed by atoms with Crippen molar-refractivity contribution in [1.82, 2.24) is 9.55 Å². The van der Waals surface area contributed by atoms with E-state index in [9.17, 15) is 4.79 Å². The summed E-state index contributed by atoms with van der Waals surface area (Å²) in [5.41, 5.74) is 0.00118. The van der Waals surface area contributed by atoms with Gasteiger partial charge in [0.2, 0.25) is 0 Å². The molecular formula is C13H22N2OS. The Morgan fingerprint density at radius 2 is 1.71 bits per heavy atom. The zero-order valence-electron chi connectivity index (χ0n) is 10.3. The van der Waals surface area contributed by atoms with Gasteiger partial charge >= 0.3 is 0 Å². The Hall–Kier alpha value is -0.770. The fraction of sp³-hybridized carbons (Fsp3) is 0.692. The smallest absolute Gasteiger partial charge is 0.268 e. The molecule has 0 aromatic carbocycles. The average molecular weight is 254 g/mol. The lowest BCUT2D eigenvalue weighted by molar-refractivity contribution is 0.542. The van der Waals surface area contributed by atoms with Crippen LogP contribution < -0.4 is 5.56 Å². The van der Waals surface area contributed by atoms with Gasteiger partial charge in [0.15, 0.2) is 0 Å². The zero-order valence-corrected chi connectivity index (χ0v) is 11.2. The van der Waals surface area contributed by atoms with Gasteiger partial charge in [-0.15, -0.1) is 0 Å². The number of hydrogen-bond donors (Lipinski definition) is 1. The van der Waals surface area contributed by atoms with Crippen LogP contribution in [0.25, 0.3) is 0 Å². The Labute approximate surface area is 109 Å². The number of unbranched alkanes of at least 4 members (excludes halogenated alkanes) is 6. The van der Waals surface area contributed by atoms with Crippen molar-refractivity contribution in [1.29, 1.82) is 0 Å². The molecule has 1 rings (SSSR count). The molecule has 0 aliphatic rings. The van der Waals surface area contributed by atoms with E-state index in [0.717, 1.165) is 18.7 Å². The first-order valence-electron chi connectivity index (χ1n) is 6.46. The average Bonchev–Trinajstić information content (AvgIpc) is 2.35. The summed E-state index contributed by atoms with van der Waals surface area (Å²) >= 11 is 4.19. The molecule has 96 valence electrons. The standard InChI is InChI=1S/C13H22N2OS/c16-13-12-14-8-10-15(13)9-6-4-2-1-3-5-7-11-17/h8,10,12,17H,1-7,9,11H2. The van der Waals surface area contributed by atoms with Crippen LogP contribution in [0.2, 0.25) is 0 Å². The number of rotatable bonds is 9. The van der Waals surface area contributed by atoms with Gasteiger partial charge in [0.05, 0.1) is 6.20 Å². The summed E-state index contributed by atoms with van der Waals surface area (Å²) in [5.74, 6) is 1.00. The first kappa shape index (κ1) is 14.3. The largest absolute Gasteiger partial charge is 0.313 e. The minimum atomic E-state index is 0.00118. The first-order chi connectivity index (χ1) is 8.34. The minimum Gasteiger partial charge on any atom is -0.313 e. The molecule has 17 heavy (non-hydrogen) atoms. The molecule has 0 fully saturated rings. The van der Waals surface area contributed by atoms with Gasteiger partial charge in [0, 0.05) is 18.9 Å². The van der Waals surface area contributed by atoms with Gasteiger partial charge in [-0.2, -0.15) is 12.6 Å². The van der Waals surface area contributed by atoms with Crippen molar-refractivity contribution in [3.63, 3.8) is 0 Å². The number of hydrogen-bond acceptors (Lipinski definition) is 3. The summed E-state index contributed by atoms with van der Waals surface area (Å²) in [6.45, 7) is 0.817. The molecule has 1 aromatic heterocycles. The number of nitrogens with zero attached hydrogens (tertiary/aromatic N) is 2. The Morgan fingerprint density at radius 1 is 1.06 bits per heavy atom. The Kier molecular flexibility index (Phi) is 7.80. The van der Waals surface area contributed by atoms with E-state index in [1.165, 1.54) is 44.7 Å². The Bertz CT molecular complexity index is 351. The van der Waals surface area contributed by atoms with Crippen LogP contribution in [0, 0.1) is 0 Å². The van der Waals surface area contributed by atoms with Crippen LogP contribution in [-0.4, -0.2) is 15.3 Å². The second-order valence-corrected chi connectivity index (χ2v) is 4.75. The summed E-state index contributed by atoms with van der Waals surface area (Å²) in [6, 6.07) is 0. The predicted molar refractivity (Wildman–Crippen MR) is 74.7 cm³/mol. The molecule has 0 unspecified atom stereocenters. The molecule has 1 aromatic rings. The quantitative estimate of drug-likeness (QED) is 0.543. The molecule has 0 atom stereocenters. The minimum absolute atomic E-state index is 0.00118. The van der Waals surface area contributed by atoms with Crippen molar-refractivity contribution in [2.24, 2.45) is 0 Å². The van der Waals surface area contributed by atoms with Crippen molar-refractivity contribution >= 4 is 12.6 Å². The maximum Gasteiger partial charge on any atom is 0.268 e. The zero-order chi connectivity index (χ0) is 12.3. The maximum atomic E-state index is 11.4. The molecule has 0 aliphatic carbocycles. The van der Waals surface area contributed by atoms with E-state index >= 15 is 0 Å². The fourth-order valence-corrected chi connectivity index (χ4v) is 2.06. The summed E-state index contributed by atoms with van der Waals surface area (Å²) in [4.78, 5) is 15.1. The van der Waals surface area contributed by atoms with Crippen LogP contribution >= 0.6 is 12.6 Å². The van der Waals surface area contributed by atoms with Crippen LogP contribution in [-0.2, 0) is 6.54 Å². The summed E-state index contributed by atoms with van der Waals surface area (Å²) in [6.07, 6.45) is 13.5. The van der Waals surface area contributed by atoms with Gasteiger partial charge in [-0.05, 0) is 18.6 Å². The van der Waals surface area contributed by atoms with Crippen LogP contribution in [0.4, 0.5) is 0 Å². The highest BCUT2D eigenvalue weighted by molar-refractivity contribution is 7.80.